The Hall–Kier alpha value is -0.560. The smallest absolute Gasteiger partial charge is 0.248 e. The van der Waals surface area contributed by atoms with Crippen molar-refractivity contribution in [3.63, 3.8) is 0 Å². The fourth-order valence-corrected chi connectivity index (χ4v) is 0.875. The summed E-state index contributed by atoms with van der Waals surface area (Å²) in [5, 5.41) is 0. The van der Waals surface area contributed by atoms with Crippen LogP contribution in [0.3, 0.4) is 0 Å². The lowest BCUT2D eigenvalue weighted by Gasteiger charge is -2.24. The van der Waals surface area contributed by atoms with Gasteiger partial charge in [0.25, 0.3) is 0 Å². The van der Waals surface area contributed by atoms with Crippen molar-refractivity contribution in [1.29, 1.82) is 0 Å². The van der Waals surface area contributed by atoms with Gasteiger partial charge >= 0.3 is 12.4 Å². The van der Waals surface area contributed by atoms with Crippen molar-refractivity contribution in [3.8, 4) is 0 Å². The predicted octanol–water partition coefficient (Wildman–Crippen LogP) is 3.57. The highest BCUT2D eigenvalue weighted by Crippen LogP contribution is 2.38. The van der Waals surface area contributed by atoms with Gasteiger partial charge in [0.2, 0.25) is 0 Å². The van der Waals surface area contributed by atoms with Crippen molar-refractivity contribution in [2.45, 2.75) is 30.9 Å². The molecule has 0 nitrogen and oxygen atoms in total. The van der Waals surface area contributed by atoms with Gasteiger partial charge in [-0.1, -0.05) is 0 Å². The minimum absolute atomic E-state index is 2.31. The van der Waals surface area contributed by atoms with E-state index in [9.17, 15) is 35.1 Å². The zero-order chi connectivity index (χ0) is 11.6. The van der Waals surface area contributed by atoms with E-state index in [-0.39, 0.29) is 0 Å². The van der Waals surface area contributed by atoms with E-state index >= 15 is 0 Å². The van der Waals surface area contributed by atoms with Crippen LogP contribution in [0.5, 0.6) is 0 Å². The fourth-order valence-electron chi connectivity index (χ4n) is 0.875. The molecule has 0 saturated heterocycles. The lowest BCUT2D eigenvalue weighted by Crippen LogP contribution is -2.37. The summed E-state index contributed by atoms with van der Waals surface area (Å²) in [6.45, 7) is -2.31. The van der Waals surface area contributed by atoms with Crippen LogP contribution >= 0.6 is 0 Å². The van der Waals surface area contributed by atoms with Crippen molar-refractivity contribution in [2.75, 3.05) is 6.67 Å². The molecule has 0 aliphatic rings. The largest absolute Gasteiger partial charge is 0.392 e. The minimum Gasteiger partial charge on any atom is -0.248 e. The highest BCUT2D eigenvalue weighted by Gasteiger charge is 2.49. The second kappa shape index (κ2) is 3.90. The molecule has 0 heterocycles. The minimum atomic E-state index is -5.16. The number of hydrogen-bond donors (Lipinski definition) is 0. The molecule has 0 saturated carbocycles. The Morgan fingerprint density at radius 3 is 1.07 bits per heavy atom. The predicted molar refractivity (Wildman–Crippen MR) is 31.2 cm³/mol. The maximum atomic E-state index is 12.7. The van der Waals surface area contributed by atoms with Gasteiger partial charge in [-0.2, -0.15) is 26.3 Å². The Balaban J connectivity index is 4.49. The van der Waals surface area contributed by atoms with Crippen LogP contribution in [0.2, 0.25) is 0 Å². The van der Waals surface area contributed by atoms with Gasteiger partial charge in [-0.3, -0.25) is 0 Å². The maximum Gasteiger partial charge on any atom is 0.392 e. The molecule has 0 rings (SSSR count). The van der Waals surface area contributed by atoms with Crippen molar-refractivity contribution < 1.29 is 35.1 Å². The third-order valence-corrected chi connectivity index (χ3v) is 1.27. The zero-order valence-electron chi connectivity index (χ0n) is 6.65. The molecule has 0 radical (unpaired) electrons. The van der Waals surface area contributed by atoms with Gasteiger partial charge in [-0.15, -0.1) is 0 Å². The van der Waals surface area contributed by atoms with Crippen LogP contribution in [0.15, 0.2) is 0 Å². The van der Waals surface area contributed by atoms with E-state index in [1.54, 1.807) is 0 Å². The van der Waals surface area contributed by atoms with Gasteiger partial charge in [0.15, 0.2) is 5.67 Å². The van der Waals surface area contributed by atoms with E-state index in [0.717, 1.165) is 0 Å². The van der Waals surface area contributed by atoms with E-state index in [4.69, 9.17) is 0 Å². The van der Waals surface area contributed by atoms with E-state index in [1.807, 2.05) is 0 Å². The zero-order valence-corrected chi connectivity index (χ0v) is 6.65. The standard InChI is InChI=1S/C6H6F8/c7-3-4(8,1-5(9,10)11)2-6(12,13)14/h1-3H2. The van der Waals surface area contributed by atoms with Gasteiger partial charge < -0.3 is 0 Å². The summed E-state index contributed by atoms with van der Waals surface area (Å²) < 4.78 is 93.7. The molecule has 14 heavy (non-hydrogen) atoms. The second-order valence-electron chi connectivity index (χ2n) is 2.87. The topological polar surface area (TPSA) is 0 Å². The molecular weight excluding hydrogens is 224 g/mol. The molecule has 0 aliphatic carbocycles. The SMILES string of the molecule is FCC(F)(CC(F)(F)F)CC(F)(F)F. The quantitative estimate of drug-likeness (QED) is 0.650. The van der Waals surface area contributed by atoms with Crippen molar-refractivity contribution in [3.05, 3.63) is 0 Å². The van der Waals surface area contributed by atoms with E-state index in [0.29, 0.717) is 0 Å². The maximum absolute atomic E-state index is 12.7. The summed E-state index contributed by atoms with van der Waals surface area (Å²) in [6.07, 6.45) is -15.2. The van der Waals surface area contributed by atoms with Crippen LogP contribution in [-0.2, 0) is 0 Å². The van der Waals surface area contributed by atoms with Crippen molar-refractivity contribution in [2.24, 2.45) is 0 Å². The Kier molecular flexibility index (Phi) is 3.74. The first-order valence-electron chi connectivity index (χ1n) is 3.36. The Morgan fingerprint density at radius 2 is 0.929 bits per heavy atom. The third-order valence-electron chi connectivity index (χ3n) is 1.27. The van der Waals surface area contributed by atoms with Gasteiger partial charge in [0.1, 0.15) is 6.67 Å². The number of alkyl halides is 8. The van der Waals surface area contributed by atoms with Gasteiger partial charge in [0.05, 0.1) is 12.8 Å². The molecule has 0 aromatic rings. The molecule has 0 spiro atoms. The number of halogens is 8. The first-order valence-corrected chi connectivity index (χ1v) is 3.36. The van der Waals surface area contributed by atoms with Gasteiger partial charge in [-0.25, -0.2) is 8.78 Å². The number of hydrogen-bond acceptors (Lipinski definition) is 0. The van der Waals surface area contributed by atoms with Crippen LogP contribution in [0.1, 0.15) is 12.8 Å². The molecule has 8 heteroatoms. The molecule has 0 N–H and O–H groups in total. The first kappa shape index (κ1) is 13.4. The molecule has 0 unspecified atom stereocenters. The summed E-state index contributed by atoms with van der Waals surface area (Å²) >= 11 is 0. The Labute approximate surface area is 73.9 Å². The fraction of sp³-hybridized carbons (Fsp3) is 1.00. The van der Waals surface area contributed by atoms with Crippen LogP contribution in [-0.4, -0.2) is 24.7 Å². The Morgan fingerprint density at radius 1 is 0.643 bits per heavy atom. The molecule has 0 aromatic heterocycles. The third kappa shape index (κ3) is 5.98. The molecule has 0 aliphatic heterocycles. The summed E-state index contributed by atoms with van der Waals surface area (Å²) in [4.78, 5) is 0. The van der Waals surface area contributed by atoms with E-state index < -0.39 is 37.5 Å². The molecule has 0 fully saturated rings. The molecule has 0 amide bonds. The molecule has 0 aromatic carbocycles. The summed E-state index contributed by atoms with van der Waals surface area (Å²) in [7, 11) is 0. The summed E-state index contributed by atoms with van der Waals surface area (Å²) in [5.41, 5.74) is -3.91. The lowest BCUT2D eigenvalue weighted by atomic mass is 9.99. The molecule has 0 bridgehead atoms. The highest BCUT2D eigenvalue weighted by atomic mass is 19.4. The van der Waals surface area contributed by atoms with Crippen LogP contribution in [0, 0.1) is 0 Å². The normalized spacial score (nSPS) is 14.6. The molecule has 86 valence electrons. The molecule has 0 atom stereocenters. The average Bonchev–Trinajstić information content (AvgIpc) is 1.78. The second-order valence-corrected chi connectivity index (χ2v) is 2.87. The van der Waals surface area contributed by atoms with E-state index in [1.165, 1.54) is 0 Å². The van der Waals surface area contributed by atoms with Crippen LogP contribution < -0.4 is 0 Å². The van der Waals surface area contributed by atoms with Gasteiger partial charge in [0, 0.05) is 0 Å². The summed E-state index contributed by atoms with van der Waals surface area (Å²) in [6, 6.07) is 0. The van der Waals surface area contributed by atoms with Crippen LogP contribution in [0.4, 0.5) is 35.1 Å². The summed E-state index contributed by atoms with van der Waals surface area (Å²) in [5.74, 6) is 0. The first-order chi connectivity index (χ1) is 5.97. The van der Waals surface area contributed by atoms with Crippen molar-refractivity contribution >= 4 is 0 Å². The van der Waals surface area contributed by atoms with Crippen LogP contribution in [0.25, 0.3) is 0 Å². The highest BCUT2D eigenvalue weighted by molar-refractivity contribution is 4.84. The Bertz CT molecular complexity index is 161. The monoisotopic (exact) mass is 230 g/mol. The van der Waals surface area contributed by atoms with Gasteiger partial charge in [-0.05, 0) is 0 Å². The molecular formula is C6H6F8. The number of rotatable bonds is 3. The van der Waals surface area contributed by atoms with E-state index in [2.05, 4.69) is 0 Å². The lowest BCUT2D eigenvalue weighted by molar-refractivity contribution is -0.201. The van der Waals surface area contributed by atoms with Crippen molar-refractivity contribution in [1.82, 2.24) is 0 Å². The average molecular weight is 230 g/mol.